The number of rotatable bonds is 6. The van der Waals surface area contributed by atoms with Gasteiger partial charge in [-0.15, -0.1) is 5.10 Å². The molecule has 0 aromatic carbocycles. The second-order valence-electron chi connectivity index (χ2n) is 7.74. The van der Waals surface area contributed by atoms with Gasteiger partial charge in [0.15, 0.2) is 11.2 Å². The Kier molecular flexibility index (Phi) is 5.96. The molecule has 0 bridgehead atoms. The van der Waals surface area contributed by atoms with Gasteiger partial charge in [-0.3, -0.25) is 9.36 Å². The van der Waals surface area contributed by atoms with Crippen molar-refractivity contribution in [1.82, 2.24) is 28.9 Å². The summed E-state index contributed by atoms with van der Waals surface area (Å²) in [5.74, 6) is -1.11. The Hall–Kier alpha value is -3.27. The molecule has 0 aliphatic heterocycles. The molecule has 1 aliphatic carbocycles. The Bertz CT molecular complexity index is 1350. The van der Waals surface area contributed by atoms with Crippen molar-refractivity contribution in [3.63, 3.8) is 0 Å². The second-order valence-corrected chi connectivity index (χ2v) is 8.18. The Morgan fingerprint density at radius 1 is 1.31 bits per heavy atom. The van der Waals surface area contributed by atoms with Crippen LogP contribution in [0.4, 0.5) is 4.39 Å². The Morgan fingerprint density at radius 3 is 2.81 bits per heavy atom. The van der Waals surface area contributed by atoms with Crippen LogP contribution in [-0.2, 0) is 13.6 Å². The fourth-order valence-corrected chi connectivity index (χ4v) is 3.97. The third-order valence-corrected chi connectivity index (χ3v) is 5.98. The van der Waals surface area contributed by atoms with Crippen LogP contribution in [0.5, 0.6) is 0 Å². The minimum absolute atomic E-state index is 0.0397. The summed E-state index contributed by atoms with van der Waals surface area (Å²) in [5, 5.41) is 4.75. The van der Waals surface area contributed by atoms with Gasteiger partial charge < -0.3 is 8.98 Å². The largest absolute Gasteiger partial charge is 0.437 e. The topological polar surface area (TPSA) is 101 Å². The number of aromatic nitrogens is 6. The highest BCUT2D eigenvalue weighted by molar-refractivity contribution is 6.31. The maximum Gasteiger partial charge on any atom is 0.437 e. The number of imidazole rings is 1. The van der Waals surface area contributed by atoms with Crippen molar-refractivity contribution in [2.75, 3.05) is 0 Å². The predicted molar refractivity (Wildman–Crippen MR) is 117 cm³/mol. The van der Waals surface area contributed by atoms with Gasteiger partial charge in [0.1, 0.15) is 19.0 Å². The number of halogens is 2. The minimum atomic E-state index is -1.17. The summed E-state index contributed by atoms with van der Waals surface area (Å²) in [6, 6.07) is -0.475. The molecule has 0 saturated heterocycles. The van der Waals surface area contributed by atoms with E-state index in [1.807, 2.05) is 0 Å². The van der Waals surface area contributed by atoms with Crippen molar-refractivity contribution in [1.29, 1.82) is 0 Å². The Balaban J connectivity index is 1.53. The van der Waals surface area contributed by atoms with Crippen LogP contribution in [0.3, 0.4) is 0 Å². The predicted octanol–water partition coefficient (Wildman–Crippen LogP) is 2.87. The summed E-state index contributed by atoms with van der Waals surface area (Å²) in [7, 11) is 1.69. The first-order valence-electron chi connectivity index (χ1n) is 10.1. The van der Waals surface area contributed by atoms with E-state index in [1.165, 1.54) is 17.2 Å². The average molecular weight is 461 g/mol. The van der Waals surface area contributed by atoms with Gasteiger partial charge in [0.2, 0.25) is 5.89 Å². The lowest BCUT2D eigenvalue weighted by molar-refractivity contribution is 0.286. The average Bonchev–Trinajstić information content (AvgIpc) is 3.45. The minimum Gasteiger partial charge on any atom is -0.390 e. The lowest BCUT2D eigenvalue weighted by Crippen LogP contribution is -2.23. The van der Waals surface area contributed by atoms with Crippen molar-refractivity contribution >= 4 is 22.8 Å². The van der Waals surface area contributed by atoms with Gasteiger partial charge in [-0.2, -0.15) is 4.68 Å². The molecular weight excluding hydrogens is 439 g/mol. The molecule has 3 heterocycles. The van der Waals surface area contributed by atoms with E-state index in [9.17, 15) is 14.0 Å². The van der Waals surface area contributed by atoms with Crippen molar-refractivity contribution in [3.05, 3.63) is 74.9 Å². The van der Waals surface area contributed by atoms with Gasteiger partial charge in [-0.25, -0.2) is 19.2 Å². The number of aryl methyl sites for hydroxylation is 1. The van der Waals surface area contributed by atoms with Crippen molar-refractivity contribution in [2.45, 2.75) is 38.5 Å². The van der Waals surface area contributed by atoms with E-state index in [-0.39, 0.29) is 24.4 Å². The molecule has 4 rings (SSSR count). The monoisotopic (exact) mass is 460 g/mol. The van der Waals surface area contributed by atoms with Crippen molar-refractivity contribution in [2.24, 2.45) is 13.0 Å². The molecule has 1 saturated carbocycles. The quantitative estimate of drug-likeness (QED) is 0.524. The maximum absolute atomic E-state index is 14.7. The van der Waals surface area contributed by atoms with E-state index in [4.69, 9.17) is 16.0 Å². The van der Waals surface area contributed by atoms with Gasteiger partial charge in [0.05, 0.1) is 12.4 Å². The number of allylic oxidation sites excluding steroid dienone is 5. The molecule has 168 valence electrons. The van der Waals surface area contributed by atoms with E-state index in [1.54, 1.807) is 36.8 Å². The zero-order valence-electron chi connectivity index (χ0n) is 17.6. The number of hydrogen-bond donors (Lipinski definition) is 0. The van der Waals surface area contributed by atoms with E-state index in [0.717, 1.165) is 4.68 Å². The second kappa shape index (κ2) is 8.70. The zero-order valence-corrected chi connectivity index (χ0v) is 18.4. The number of hydrogen-bond acceptors (Lipinski definition) is 6. The molecule has 3 aromatic rings. The van der Waals surface area contributed by atoms with Crippen LogP contribution in [0.15, 0.2) is 62.1 Å². The normalized spacial score (nSPS) is 21.8. The smallest absolute Gasteiger partial charge is 0.390 e. The summed E-state index contributed by atoms with van der Waals surface area (Å²) in [6.07, 6.45) is 7.19. The molecule has 32 heavy (non-hydrogen) atoms. The van der Waals surface area contributed by atoms with Crippen molar-refractivity contribution < 1.29 is 8.81 Å². The Morgan fingerprint density at radius 2 is 2.06 bits per heavy atom. The van der Waals surface area contributed by atoms with E-state index < -0.39 is 23.9 Å². The van der Waals surface area contributed by atoms with Gasteiger partial charge in [0, 0.05) is 24.4 Å². The highest BCUT2D eigenvalue weighted by Crippen LogP contribution is 2.40. The van der Waals surface area contributed by atoms with Crippen LogP contribution in [0.25, 0.3) is 11.2 Å². The summed E-state index contributed by atoms with van der Waals surface area (Å²) in [6.45, 7) is 5.66. The number of alkyl halides is 1. The molecule has 3 atom stereocenters. The summed E-state index contributed by atoms with van der Waals surface area (Å²) >= 11 is 5.95. The molecule has 3 aromatic heterocycles. The first-order chi connectivity index (χ1) is 15.3. The van der Waals surface area contributed by atoms with E-state index >= 15 is 0 Å². The SMILES string of the molecule is C=C(/C=C\C(Cl)=C/C)[C@H]1C[C@H](n2nc(Cn3cnc4ncn(C)c4c3=O)oc2=O)C[C@H]1F. The molecule has 9 nitrogen and oxygen atoms in total. The molecule has 1 fully saturated rings. The standard InChI is InChI=1S/C21H22ClFN6O3/c1-4-13(22)6-5-12(2)15-7-14(8-16(15)23)29-21(31)32-17(26-29)9-28-11-25-19-18(20(28)30)27(3)10-24-19/h4-6,10-11,14-16H,2,7-9H2,1,3H3/b6-5-,13-4+/t14-,15+,16+/m0/s1. The first kappa shape index (κ1) is 21.9. The van der Waals surface area contributed by atoms with Crippen LogP contribution in [-0.4, -0.2) is 35.1 Å². The van der Waals surface area contributed by atoms with Crippen LogP contribution in [0.2, 0.25) is 0 Å². The van der Waals surface area contributed by atoms with Crippen molar-refractivity contribution in [3.8, 4) is 0 Å². The summed E-state index contributed by atoms with van der Waals surface area (Å²) in [4.78, 5) is 33.3. The van der Waals surface area contributed by atoms with Crippen LogP contribution in [0, 0.1) is 5.92 Å². The summed E-state index contributed by atoms with van der Waals surface area (Å²) in [5.41, 5.74) is 0.924. The van der Waals surface area contributed by atoms with Crippen LogP contribution >= 0.6 is 11.6 Å². The van der Waals surface area contributed by atoms with E-state index in [2.05, 4.69) is 21.6 Å². The lowest BCUT2D eigenvalue weighted by atomic mass is 9.97. The first-order valence-corrected chi connectivity index (χ1v) is 10.4. The highest BCUT2D eigenvalue weighted by Gasteiger charge is 2.38. The third-order valence-electron chi connectivity index (χ3n) is 5.63. The van der Waals surface area contributed by atoms with Gasteiger partial charge in [0.25, 0.3) is 5.56 Å². The molecule has 0 spiro atoms. The fraction of sp³-hybridized carbons (Fsp3) is 0.381. The number of fused-ring (bicyclic) bond motifs is 1. The molecule has 0 N–H and O–H groups in total. The third kappa shape index (κ3) is 4.10. The van der Waals surface area contributed by atoms with Crippen LogP contribution < -0.4 is 11.3 Å². The van der Waals surface area contributed by atoms with Gasteiger partial charge in [-0.1, -0.05) is 30.3 Å². The zero-order chi connectivity index (χ0) is 23.0. The molecular formula is C21H22ClFN6O3. The molecule has 0 amide bonds. The Labute approximate surface area is 187 Å². The summed E-state index contributed by atoms with van der Waals surface area (Å²) < 4.78 is 23.9. The highest BCUT2D eigenvalue weighted by atomic mass is 35.5. The lowest BCUT2D eigenvalue weighted by Gasteiger charge is -2.12. The molecule has 0 radical (unpaired) electrons. The maximum atomic E-state index is 14.7. The van der Waals surface area contributed by atoms with Gasteiger partial charge >= 0.3 is 5.76 Å². The molecule has 0 unspecified atom stereocenters. The van der Waals surface area contributed by atoms with E-state index in [0.29, 0.717) is 28.2 Å². The molecule has 11 heteroatoms. The number of nitrogens with zero attached hydrogens (tertiary/aromatic N) is 6. The molecule has 1 aliphatic rings. The van der Waals surface area contributed by atoms with Gasteiger partial charge in [-0.05, 0) is 25.0 Å². The van der Waals surface area contributed by atoms with Crippen LogP contribution in [0.1, 0.15) is 31.7 Å². The fourth-order valence-electron chi connectivity index (χ4n) is 3.90.